The van der Waals surface area contributed by atoms with E-state index in [9.17, 15) is 214 Å². The molecule has 40 atom stereocenters. The zero-order valence-corrected chi connectivity index (χ0v) is 74.7. The molecule has 81 heteroatoms. The first kappa shape index (κ1) is 116. The minimum absolute atomic E-state index is 0.500. The van der Waals surface area contributed by atoms with Crippen LogP contribution in [-0.4, -0.2) is 495 Å². The number of ether oxygens (including phenoxy) is 15. The van der Waals surface area contributed by atoms with Crippen LogP contribution < -0.4 is 21.3 Å². The summed E-state index contributed by atoms with van der Waals surface area (Å²) in [6.07, 6.45) is -106. The Morgan fingerprint density at radius 1 is 0.234 bits per heavy atom. The fraction of sp³-hybridized carbons (Fsp3) is 0.857. The standard InChI is InChI=1S/C56H86N4O69S8/c1-9(61)57-17-21(65)30(126-134(95,96)97)13(5-107-130(83,84)85)111-50(17)119-38-23(67)27(71)54(123-42(38)46(76)77)117-35-19(59-11(3)63)52(113-15(7-109-132(89,90)91)32(35)128-136(101,102)103)121-40-25(69)29(73)56(125-44(40)48(80)81)118-36-20(60-12(4)64)53(114-16(8-110-133(92,93)94)33(36)129-137(104,105)106)122-39-24(68)28(72)55(124-43(39)47(78)79)116-34-18(58-10(2)62)51(120-37-22(66)26(70)49(82)115-41(37)45(74)75)112-14(6-108-131(86,87)88)31(34)127-135(98,99)100/h13-44,49-56,65-73,82H,5-8H2,1-4H3,(H,57,61)(H,58,62)(H,59,63)(H,60,64)(H,74,75)(H,76,77)(H,78,79)(H,80,81)(H,83,84,85)(H,86,87,88)(H,89,90,91)(H,92,93,94)(H,95,96,97)(H,98,99,100)(H,101,102,103)(H,104,105,106)/t13-,14-,15-,16-,17-,18-,19-,20-,21+,22-,23-,24-,25-,26-,27-,28-,29-,30+,31+,32+,33+,34-,35-,36-,37+,38+,39+,40+,41+,42+,43+,44+,49-,50+,51+,52+,53+,54-,55-,56-/m1/s1. The van der Waals surface area contributed by atoms with Crippen molar-refractivity contribution in [2.75, 3.05) is 26.4 Å². The van der Waals surface area contributed by atoms with E-state index in [0.717, 1.165) is 0 Å². The van der Waals surface area contributed by atoms with Crippen molar-refractivity contribution < 1.29 is 318 Å². The summed E-state index contributed by atoms with van der Waals surface area (Å²) in [5.74, 6) is -15.3. The zero-order chi connectivity index (χ0) is 104. The number of rotatable bonds is 42. The Kier molecular flexibility index (Phi) is 38.7. The van der Waals surface area contributed by atoms with Crippen LogP contribution in [0.25, 0.3) is 0 Å². The van der Waals surface area contributed by atoms with Crippen molar-refractivity contribution in [3.63, 3.8) is 0 Å². The van der Waals surface area contributed by atoms with E-state index in [1.165, 1.54) is 0 Å². The van der Waals surface area contributed by atoms with E-state index in [4.69, 9.17) is 75.2 Å². The highest BCUT2D eigenvalue weighted by molar-refractivity contribution is 7.82. The molecule has 8 fully saturated rings. The lowest BCUT2D eigenvalue weighted by Gasteiger charge is -2.51. The first-order chi connectivity index (χ1) is 62.6. The Morgan fingerprint density at radius 2 is 0.431 bits per heavy atom. The lowest BCUT2D eigenvalue weighted by atomic mass is 9.93. The van der Waals surface area contributed by atoms with Crippen LogP contribution in [0, 0.1) is 0 Å². The van der Waals surface area contributed by atoms with Gasteiger partial charge in [-0.25, -0.2) is 52.6 Å². The van der Waals surface area contributed by atoms with Gasteiger partial charge in [0.1, 0.15) is 171 Å². The molecule has 26 N–H and O–H groups in total. The number of aliphatic hydroxyl groups is 10. The molecule has 8 aliphatic rings. The van der Waals surface area contributed by atoms with E-state index in [1.807, 2.05) is 21.3 Å². The number of aliphatic hydroxyl groups excluding tert-OH is 10. The summed E-state index contributed by atoms with van der Waals surface area (Å²) in [6, 6.07) is -10.7. The van der Waals surface area contributed by atoms with E-state index in [0.29, 0.717) is 27.7 Å². The Balaban J connectivity index is 1.17. The summed E-state index contributed by atoms with van der Waals surface area (Å²) in [5, 5.41) is 165. The van der Waals surface area contributed by atoms with Gasteiger partial charge in [0.2, 0.25) is 23.6 Å². The van der Waals surface area contributed by atoms with Crippen molar-refractivity contribution in [2.24, 2.45) is 0 Å². The highest BCUT2D eigenvalue weighted by Crippen LogP contribution is 2.42. The van der Waals surface area contributed by atoms with Crippen molar-refractivity contribution in [3.05, 3.63) is 0 Å². The Morgan fingerprint density at radius 3 is 0.650 bits per heavy atom. The third kappa shape index (κ3) is 31.9. The van der Waals surface area contributed by atoms with Crippen LogP contribution >= 0.6 is 0 Å². The molecule has 73 nitrogen and oxygen atoms in total. The lowest BCUT2D eigenvalue weighted by molar-refractivity contribution is -0.378. The molecule has 0 saturated carbocycles. The highest BCUT2D eigenvalue weighted by atomic mass is 32.3. The maximum Gasteiger partial charge on any atom is 0.397 e. The number of aliphatic carboxylic acids is 4. The topological polar surface area (TPSA) is 1120 Å². The van der Waals surface area contributed by atoms with Crippen molar-refractivity contribution in [1.29, 1.82) is 0 Å². The van der Waals surface area contributed by atoms with Crippen molar-refractivity contribution in [2.45, 2.75) is 273 Å². The molecular weight excluding hydrogens is 2090 g/mol. The molecule has 8 saturated heterocycles. The third-order valence-electron chi connectivity index (χ3n) is 19.8. The molecular formula is C56H86N4O69S8. The minimum Gasteiger partial charge on any atom is -0.479 e. The summed E-state index contributed by atoms with van der Waals surface area (Å²) < 4.78 is 393. The molecule has 0 spiro atoms. The molecule has 792 valence electrons. The van der Waals surface area contributed by atoms with Crippen LogP contribution in [0.2, 0.25) is 0 Å². The summed E-state index contributed by atoms with van der Waals surface area (Å²) in [4.78, 5) is 105. The number of carbonyl (C=O) groups is 8. The zero-order valence-electron chi connectivity index (χ0n) is 68.2. The molecule has 8 aliphatic heterocycles. The average molecular weight is 2180 g/mol. The lowest BCUT2D eigenvalue weighted by Crippen LogP contribution is -2.72. The second-order valence-electron chi connectivity index (χ2n) is 29.6. The fourth-order valence-corrected chi connectivity index (χ4v) is 17.8. The van der Waals surface area contributed by atoms with Gasteiger partial charge < -0.3 is 164 Å². The number of carboxylic acids is 4. The van der Waals surface area contributed by atoms with Crippen LogP contribution in [0.4, 0.5) is 0 Å². The molecule has 4 amide bonds. The summed E-state index contributed by atoms with van der Waals surface area (Å²) in [7, 11) is -47.8. The molecule has 137 heavy (non-hydrogen) atoms. The second kappa shape index (κ2) is 45.8. The van der Waals surface area contributed by atoms with Crippen LogP contribution in [0.15, 0.2) is 0 Å². The van der Waals surface area contributed by atoms with Gasteiger partial charge in [0.05, 0.1) is 26.4 Å². The van der Waals surface area contributed by atoms with E-state index in [-0.39, 0.29) is 0 Å². The van der Waals surface area contributed by atoms with E-state index in [1.54, 1.807) is 0 Å². The number of hydrogen-bond acceptors (Lipinski definition) is 57. The van der Waals surface area contributed by atoms with Gasteiger partial charge in [-0.2, -0.15) is 67.3 Å². The van der Waals surface area contributed by atoms with Crippen LogP contribution in [0.1, 0.15) is 27.7 Å². The van der Waals surface area contributed by atoms with Gasteiger partial charge in [-0.05, 0) is 0 Å². The predicted octanol–water partition coefficient (Wildman–Crippen LogP) is -18.9. The second-order valence-corrected chi connectivity index (χ2v) is 38.1. The SMILES string of the molecule is CC(=O)N[C@H]1[C@H](O[C@H]2[C@H](O)[C@@H](O)[C@H](O[C@@H]3[C@@H](NC(C)=O)[C@H](O[C@H]4[C@H](O)[C@@H](O)[C@H](O[C@@H]5[C@@H](NC(C)=O)[C@H](O[C@H]6[C@H](O)[C@@H](O)[C@H](O[C@@H]7[C@@H](NC(C)=O)[C@H](O[C@H]8[C@H](O)[C@@H](O)[C@H](O)O[C@@H]8C(=O)O)O[C@H](COS(=O)(=O)O)[C@@H]7OS(=O)(=O)O)O[C@@H]6C(=O)O)O[C@H](COS(=O)(=O)O)[C@@H]5OS(=O)(=O)O)O[C@@H]4C(=O)O)O[C@H](COS(=O)(=O)O)[C@@H]3OS(=O)(=O)O)O[C@@H]2C(=O)O)O[C@H](COS(=O)(=O)O)[C@H](OS(=O)(=O)O)[C@H]1O. The van der Waals surface area contributed by atoms with Crippen LogP contribution in [-0.2, 0) is 226 Å². The van der Waals surface area contributed by atoms with Gasteiger partial charge in [0, 0.05) is 27.7 Å². The summed E-state index contributed by atoms with van der Waals surface area (Å²) in [5.41, 5.74) is 0. The van der Waals surface area contributed by atoms with E-state index < -0.39 is 403 Å². The largest absolute Gasteiger partial charge is 0.479 e. The Hall–Kier alpha value is -6.28. The Labute approximate surface area is 766 Å². The van der Waals surface area contributed by atoms with Crippen molar-refractivity contribution in [1.82, 2.24) is 21.3 Å². The van der Waals surface area contributed by atoms with Gasteiger partial charge in [0.15, 0.2) is 74.7 Å². The number of carboxylic acid groups (broad SMARTS) is 4. The fourth-order valence-electron chi connectivity index (χ4n) is 14.5. The number of amides is 4. The van der Waals surface area contributed by atoms with Crippen molar-refractivity contribution in [3.8, 4) is 0 Å². The number of hydrogen-bond donors (Lipinski definition) is 26. The Bertz CT molecular complexity index is 5260. The molecule has 8 rings (SSSR count). The molecule has 0 aliphatic carbocycles. The van der Waals surface area contributed by atoms with Gasteiger partial charge in [-0.3, -0.25) is 55.6 Å². The average Bonchev–Trinajstić information content (AvgIpc) is 0.754. The molecule has 0 aromatic carbocycles. The first-order valence-electron chi connectivity index (χ1n) is 37.3. The first-order valence-corrected chi connectivity index (χ1v) is 48.3. The molecule has 0 unspecified atom stereocenters. The monoisotopic (exact) mass is 2170 g/mol. The van der Waals surface area contributed by atoms with Crippen LogP contribution in [0.5, 0.6) is 0 Å². The summed E-state index contributed by atoms with van der Waals surface area (Å²) >= 11 is 0. The highest BCUT2D eigenvalue weighted by Gasteiger charge is 2.65. The maximum atomic E-state index is 13.7. The smallest absolute Gasteiger partial charge is 0.397 e. The van der Waals surface area contributed by atoms with Gasteiger partial charge in [0.25, 0.3) is 0 Å². The maximum absolute atomic E-state index is 13.7. The molecule has 0 aromatic rings. The molecule has 0 radical (unpaired) electrons. The quantitative estimate of drug-likeness (QED) is 0.0252. The molecule has 0 bridgehead atoms. The number of carbonyl (C=O) groups excluding carboxylic acids is 4. The molecule has 8 heterocycles. The van der Waals surface area contributed by atoms with Gasteiger partial charge >= 0.3 is 107 Å². The van der Waals surface area contributed by atoms with E-state index >= 15 is 0 Å². The number of nitrogens with one attached hydrogen (secondary N) is 4. The van der Waals surface area contributed by atoms with Crippen molar-refractivity contribution >= 4 is 131 Å². The van der Waals surface area contributed by atoms with Crippen LogP contribution in [0.3, 0.4) is 0 Å². The van der Waals surface area contributed by atoms with E-state index in [2.05, 4.69) is 29.3 Å². The predicted molar refractivity (Wildman–Crippen MR) is 396 cm³/mol. The van der Waals surface area contributed by atoms with Gasteiger partial charge in [-0.1, -0.05) is 0 Å². The summed E-state index contributed by atoms with van der Waals surface area (Å²) in [6.45, 7) is -5.15. The minimum atomic E-state index is -6.31. The van der Waals surface area contributed by atoms with Gasteiger partial charge in [-0.15, -0.1) is 0 Å². The molecule has 0 aromatic heterocycles. The third-order valence-corrected chi connectivity index (χ3v) is 23.4. The normalized spacial score (nSPS) is 39.6.